The molecule has 0 N–H and O–H groups in total. The van der Waals surface area contributed by atoms with Gasteiger partial charge in [0.2, 0.25) is 0 Å². The second-order valence-corrected chi connectivity index (χ2v) is 16.8. The van der Waals surface area contributed by atoms with Crippen LogP contribution < -0.4 is 0 Å². The molecule has 2 aromatic heterocycles. The van der Waals surface area contributed by atoms with Gasteiger partial charge in [0.05, 0.1) is 0 Å². The van der Waals surface area contributed by atoms with Gasteiger partial charge >= 0.3 is 0 Å². The van der Waals surface area contributed by atoms with Gasteiger partial charge < -0.3 is 0 Å². The third-order valence-corrected chi connectivity index (χ3v) is 14.1. The lowest BCUT2D eigenvalue weighted by Crippen LogP contribution is -2.00. The number of benzene rings is 9. The lowest BCUT2D eigenvalue weighted by molar-refractivity contribution is 1.00. The molecule has 1 aliphatic rings. The summed E-state index contributed by atoms with van der Waals surface area (Å²) in [5.74, 6) is 0. The summed E-state index contributed by atoms with van der Waals surface area (Å²) in [5, 5.41) is 13.4. The summed E-state index contributed by atoms with van der Waals surface area (Å²) in [6, 6.07) is 61.4. The van der Waals surface area contributed by atoms with Gasteiger partial charge in [-0.2, -0.15) is 0 Å². The molecular formula is C52H32S2. The van der Waals surface area contributed by atoms with E-state index in [9.17, 15) is 0 Å². The SMILES string of the molecule is C1=C(c2ccc3sc4cc5c(ccc6c7ccccc7sc56)cc4c3c2)CCc2cc(-c3c4ccccc4c(-c4ccccc4)c4ccccc34)ccc21. The minimum atomic E-state index is 1.03. The van der Waals surface area contributed by atoms with Crippen molar-refractivity contribution < 1.29 is 0 Å². The Morgan fingerprint density at radius 3 is 1.78 bits per heavy atom. The molecule has 0 spiro atoms. The van der Waals surface area contributed by atoms with Crippen molar-refractivity contribution in [1.29, 1.82) is 0 Å². The van der Waals surface area contributed by atoms with Crippen LogP contribution in [0.15, 0.2) is 164 Å². The van der Waals surface area contributed by atoms with Gasteiger partial charge in [-0.1, -0.05) is 140 Å². The minimum absolute atomic E-state index is 1.03. The fourth-order valence-corrected chi connectivity index (χ4v) is 11.5. The van der Waals surface area contributed by atoms with Crippen LogP contribution >= 0.6 is 22.7 Å². The highest BCUT2D eigenvalue weighted by atomic mass is 32.1. The summed E-state index contributed by atoms with van der Waals surface area (Å²) in [6.07, 6.45) is 4.51. The highest BCUT2D eigenvalue weighted by molar-refractivity contribution is 7.27. The zero-order valence-corrected chi connectivity index (χ0v) is 31.0. The number of allylic oxidation sites excluding steroid dienone is 1. The summed E-state index contributed by atoms with van der Waals surface area (Å²) in [6.45, 7) is 0. The summed E-state index contributed by atoms with van der Waals surface area (Å²) < 4.78 is 5.48. The molecule has 2 heterocycles. The van der Waals surface area contributed by atoms with Crippen LogP contribution in [0, 0.1) is 0 Å². The van der Waals surface area contributed by atoms with E-state index in [0.717, 1.165) is 12.8 Å². The van der Waals surface area contributed by atoms with Crippen molar-refractivity contribution in [2.75, 3.05) is 0 Å². The molecule has 2 heteroatoms. The monoisotopic (exact) mass is 720 g/mol. The van der Waals surface area contributed by atoms with Gasteiger partial charge in [0, 0.05) is 45.7 Å². The first-order valence-electron chi connectivity index (χ1n) is 18.8. The Bertz CT molecular complexity index is 3320. The molecule has 0 fully saturated rings. The van der Waals surface area contributed by atoms with Gasteiger partial charge in [-0.15, -0.1) is 22.7 Å². The molecule has 0 unspecified atom stereocenters. The Morgan fingerprint density at radius 2 is 1.00 bits per heavy atom. The van der Waals surface area contributed by atoms with Crippen LogP contribution in [0.1, 0.15) is 23.1 Å². The molecule has 0 saturated carbocycles. The molecule has 0 aliphatic heterocycles. The average Bonchev–Trinajstić information content (AvgIpc) is 3.79. The van der Waals surface area contributed by atoms with E-state index >= 15 is 0 Å². The van der Waals surface area contributed by atoms with E-state index in [1.807, 2.05) is 22.7 Å². The molecule has 54 heavy (non-hydrogen) atoms. The standard InChI is InChI=1S/C52H32S2/c1-2-10-31(11-3-1)50-39-13-4-6-15-41(39)51(42-16-7-5-14-40(42)50)37-21-20-32-26-33(18-19-34(32)27-37)35-23-25-48-45(28-35)46-29-36-22-24-43-38-12-8-9-17-47(38)54-52(43)44(36)30-49(46)53-48/h1-17,20-30H,18-19H2. The molecule has 12 rings (SSSR count). The van der Waals surface area contributed by atoms with E-state index in [1.165, 1.54) is 117 Å². The van der Waals surface area contributed by atoms with Crippen LogP contribution in [0.4, 0.5) is 0 Å². The number of fused-ring (bicyclic) bond motifs is 11. The van der Waals surface area contributed by atoms with Crippen molar-refractivity contribution in [3.63, 3.8) is 0 Å². The molecular weight excluding hydrogens is 689 g/mol. The minimum Gasteiger partial charge on any atom is -0.135 e. The maximum Gasteiger partial charge on any atom is 0.0434 e. The van der Waals surface area contributed by atoms with Gasteiger partial charge in [0.1, 0.15) is 0 Å². The average molecular weight is 721 g/mol. The van der Waals surface area contributed by atoms with E-state index in [4.69, 9.17) is 0 Å². The van der Waals surface area contributed by atoms with Crippen molar-refractivity contribution >= 4 is 107 Å². The summed E-state index contributed by atoms with van der Waals surface area (Å²) >= 11 is 3.84. The van der Waals surface area contributed by atoms with Crippen LogP contribution in [0.25, 0.3) is 107 Å². The predicted molar refractivity (Wildman–Crippen MR) is 238 cm³/mol. The number of thiophene rings is 2. The third-order valence-electron chi connectivity index (χ3n) is 11.7. The van der Waals surface area contributed by atoms with E-state index < -0.39 is 0 Å². The fourth-order valence-electron chi connectivity index (χ4n) is 9.21. The Hall–Kier alpha value is -6.06. The van der Waals surface area contributed by atoms with Crippen LogP contribution in [-0.4, -0.2) is 0 Å². The van der Waals surface area contributed by atoms with Crippen molar-refractivity contribution in [1.82, 2.24) is 0 Å². The van der Waals surface area contributed by atoms with E-state index in [0.29, 0.717) is 0 Å². The zero-order chi connectivity index (χ0) is 35.3. The van der Waals surface area contributed by atoms with Crippen LogP contribution in [0.3, 0.4) is 0 Å². The highest BCUT2D eigenvalue weighted by Gasteiger charge is 2.20. The molecule has 1 aliphatic carbocycles. The quantitative estimate of drug-likeness (QED) is 0.159. The van der Waals surface area contributed by atoms with Crippen LogP contribution in [0.2, 0.25) is 0 Å². The van der Waals surface area contributed by atoms with Gasteiger partial charge in [-0.05, 0) is 115 Å². The fraction of sp³-hybridized carbons (Fsp3) is 0.0385. The topological polar surface area (TPSA) is 0 Å². The van der Waals surface area contributed by atoms with Crippen molar-refractivity contribution in [3.8, 4) is 22.3 Å². The van der Waals surface area contributed by atoms with Gasteiger partial charge in [-0.3, -0.25) is 0 Å². The predicted octanol–water partition coefficient (Wildman–Crippen LogP) is 15.7. The summed E-state index contributed by atoms with van der Waals surface area (Å²) in [4.78, 5) is 0. The zero-order valence-electron chi connectivity index (χ0n) is 29.4. The second-order valence-electron chi connectivity index (χ2n) is 14.7. The van der Waals surface area contributed by atoms with Crippen LogP contribution in [-0.2, 0) is 6.42 Å². The Labute approximate surface area is 320 Å². The van der Waals surface area contributed by atoms with E-state index in [-0.39, 0.29) is 0 Å². The normalized spacial score (nSPS) is 13.1. The molecule has 0 radical (unpaired) electrons. The molecule has 9 aromatic carbocycles. The first-order valence-corrected chi connectivity index (χ1v) is 20.4. The lowest BCUT2D eigenvalue weighted by atomic mass is 9.83. The number of rotatable bonds is 3. The molecule has 0 bridgehead atoms. The third kappa shape index (κ3) is 4.54. The summed E-state index contributed by atoms with van der Waals surface area (Å²) in [7, 11) is 0. The maximum atomic E-state index is 2.47. The molecule has 252 valence electrons. The van der Waals surface area contributed by atoms with Gasteiger partial charge in [-0.25, -0.2) is 0 Å². The van der Waals surface area contributed by atoms with E-state index in [2.05, 4.69) is 170 Å². The first-order chi connectivity index (χ1) is 26.7. The number of hydrogen-bond donors (Lipinski definition) is 0. The lowest BCUT2D eigenvalue weighted by Gasteiger charge is -2.21. The van der Waals surface area contributed by atoms with Gasteiger partial charge in [0.25, 0.3) is 0 Å². The Balaban J connectivity index is 0.956. The maximum absolute atomic E-state index is 2.47. The molecule has 0 atom stereocenters. The van der Waals surface area contributed by atoms with E-state index in [1.54, 1.807) is 0 Å². The Kier molecular flexibility index (Phi) is 6.60. The molecule has 0 nitrogen and oxygen atoms in total. The van der Waals surface area contributed by atoms with Crippen molar-refractivity contribution in [3.05, 3.63) is 180 Å². The smallest absolute Gasteiger partial charge is 0.0434 e. The van der Waals surface area contributed by atoms with Gasteiger partial charge in [0.15, 0.2) is 0 Å². The van der Waals surface area contributed by atoms with Crippen LogP contribution in [0.5, 0.6) is 0 Å². The van der Waals surface area contributed by atoms with Crippen molar-refractivity contribution in [2.45, 2.75) is 12.8 Å². The summed E-state index contributed by atoms with van der Waals surface area (Å²) in [5.41, 5.74) is 10.7. The molecule has 0 saturated heterocycles. The molecule has 11 aromatic rings. The second kappa shape index (κ2) is 11.7. The molecule has 0 amide bonds. The highest BCUT2D eigenvalue weighted by Crippen LogP contribution is 2.46. The Morgan fingerprint density at radius 1 is 0.352 bits per heavy atom. The largest absolute Gasteiger partial charge is 0.135 e. The first kappa shape index (κ1) is 30.4. The van der Waals surface area contributed by atoms with Crippen molar-refractivity contribution in [2.24, 2.45) is 0 Å². The number of hydrogen-bond acceptors (Lipinski definition) is 2. The number of aryl methyl sites for hydroxylation is 1.